The van der Waals surface area contributed by atoms with Crippen LogP contribution in [0, 0.1) is 6.92 Å². The van der Waals surface area contributed by atoms with Crippen molar-refractivity contribution >= 4 is 23.5 Å². The minimum absolute atomic E-state index is 0.00231. The third-order valence-corrected chi connectivity index (χ3v) is 5.15. The highest BCUT2D eigenvalue weighted by molar-refractivity contribution is 7.98. The van der Waals surface area contributed by atoms with Gasteiger partial charge in [-0.1, -0.05) is 13.0 Å². The summed E-state index contributed by atoms with van der Waals surface area (Å²) in [6, 6.07) is 6.04. The minimum atomic E-state index is 0.00231. The van der Waals surface area contributed by atoms with E-state index in [-0.39, 0.29) is 6.03 Å². The summed E-state index contributed by atoms with van der Waals surface area (Å²) in [5.74, 6) is 0. The Morgan fingerprint density at radius 1 is 1.39 bits per heavy atom. The Labute approximate surface area is 144 Å². The number of anilines is 1. The molecule has 23 heavy (non-hydrogen) atoms. The maximum Gasteiger partial charge on any atom is 0.321 e. The van der Waals surface area contributed by atoms with Gasteiger partial charge in [-0.15, -0.1) is 11.8 Å². The summed E-state index contributed by atoms with van der Waals surface area (Å²) in [4.78, 5) is 15.7. The number of nitrogens with one attached hydrogen (secondary N) is 1. The van der Waals surface area contributed by atoms with Gasteiger partial charge < -0.3 is 15.0 Å². The fourth-order valence-electron chi connectivity index (χ4n) is 2.89. The second-order valence-electron chi connectivity index (χ2n) is 5.97. The Morgan fingerprint density at radius 3 is 2.96 bits per heavy atom. The van der Waals surface area contributed by atoms with Crippen molar-refractivity contribution in [2.45, 2.75) is 50.5 Å². The number of hydrogen-bond donors (Lipinski definition) is 1. The summed E-state index contributed by atoms with van der Waals surface area (Å²) in [6.45, 7) is 6.57. The topological polar surface area (TPSA) is 41.6 Å². The molecule has 1 atom stereocenters. The average molecular weight is 337 g/mol. The van der Waals surface area contributed by atoms with Gasteiger partial charge >= 0.3 is 6.03 Å². The number of amides is 2. The quantitative estimate of drug-likeness (QED) is 0.803. The molecule has 1 heterocycles. The minimum Gasteiger partial charge on any atom is -0.378 e. The van der Waals surface area contributed by atoms with Crippen molar-refractivity contribution < 1.29 is 9.53 Å². The first-order valence-corrected chi connectivity index (χ1v) is 9.69. The monoisotopic (exact) mass is 336 g/mol. The van der Waals surface area contributed by atoms with Gasteiger partial charge in [0.25, 0.3) is 0 Å². The van der Waals surface area contributed by atoms with Gasteiger partial charge in [-0.3, -0.25) is 0 Å². The Hall–Kier alpha value is -1.20. The molecule has 0 aliphatic carbocycles. The molecule has 1 N–H and O–H groups in total. The first kappa shape index (κ1) is 18.1. The van der Waals surface area contributed by atoms with Gasteiger partial charge in [0.1, 0.15) is 0 Å². The predicted octanol–water partition coefficient (Wildman–Crippen LogP) is 4.53. The first-order chi connectivity index (χ1) is 11.2. The molecule has 1 fully saturated rings. The number of hydrogen-bond acceptors (Lipinski definition) is 3. The van der Waals surface area contributed by atoms with Crippen LogP contribution in [0.2, 0.25) is 0 Å². The van der Waals surface area contributed by atoms with Crippen LogP contribution < -0.4 is 5.32 Å². The number of nitrogens with zero attached hydrogens (tertiary/aromatic N) is 1. The largest absolute Gasteiger partial charge is 0.378 e. The average Bonchev–Trinajstić information content (AvgIpc) is 2.80. The first-order valence-electron chi connectivity index (χ1n) is 8.46. The van der Waals surface area contributed by atoms with Gasteiger partial charge in [0.2, 0.25) is 0 Å². The number of ether oxygens (including phenoxy) is 1. The zero-order chi connectivity index (χ0) is 16.7. The van der Waals surface area contributed by atoms with Crippen LogP contribution >= 0.6 is 11.8 Å². The van der Waals surface area contributed by atoms with E-state index in [0.717, 1.165) is 56.6 Å². The number of urea groups is 1. The van der Waals surface area contributed by atoms with E-state index in [1.807, 2.05) is 17.0 Å². The second-order valence-corrected chi connectivity index (χ2v) is 6.82. The van der Waals surface area contributed by atoms with Crippen molar-refractivity contribution in [1.82, 2.24) is 4.90 Å². The van der Waals surface area contributed by atoms with Gasteiger partial charge in [0.05, 0.1) is 6.10 Å². The molecular weight excluding hydrogens is 308 g/mol. The third kappa shape index (κ3) is 5.15. The fraction of sp³-hybridized carbons (Fsp3) is 0.611. The molecule has 2 rings (SSSR count). The maximum atomic E-state index is 12.6. The SMILES string of the molecule is CCCO[C@@H]1CCCN(C(=O)Nc2cccc(SC)c2C)CC1. The molecule has 0 bridgehead atoms. The van der Waals surface area contributed by atoms with Crippen molar-refractivity contribution in [3.63, 3.8) is 0 Å². The van der Waals surface area contributed by atoms with Crippen LogP contribution in [-0.4, -0.2) is 43.0 Å². The molecule has 0 spiro atoms. The van der Waals surface area contributed by atoms with E-state index >= 15 is 0 Å². The molecule has 0 unspecified atom stereocenters. The molecule has 1 aliphatic heterocycles. The Morgan fingerprint density at radius 2 is 2.22 bits per heavy atom. The molecule has 1 aromatic rings. The molecule has 1 aromatic carbocycles. The number of likely N-dealkylation sites (tertiary alicyclic amines) is 1. The highest BCUT2D eigenvalue weighted by atomic mass is 32.2. The van der Waals surface area contributed by atoms with Gasteiger partial charge in [-0.05, 0) is 56.6 Å². The van der Waals surface area contributed by atoms with E-state index in [4.69, 9.17) is 4.74 Å². The molecule has 1 saturated heterocycles. The van der Waals surface area contributed by atoms with E-state index in [9.17, 15) is 4.79 Å². The van der Waals surface area contributed by atoms with Gasteiger partial charge in [-0.25, -0.2) is 4.79 Å². The van der Waals surface area contributed by atoms with Crippen LogP contribution in [0.4, 0.5) is 10.5 Å². The number of rotatable bonds is 5. The Kier molecular flexibility index (Phi) is 7.24. The van der Waals surface area contributed by atoms with E-state index in [2.05, 4.69) is 31.5 Å². The van der Waals surface area contributed by atoms with Crippen LogP contribution in [-0.2, 0) is 4.74 Å². The van der Waals surface area contributed by atoms with Crippen LogP contribution in [0.5, 0.6) is 0 Å². The zero-order valence-corrected chi connectivity index (χ0v) is 15.2. The van der Waals surface area contributed by atoms with Crippen molar-refractivity contribution in [3.05, 3.63) is 23.8 Å². The second kappa shape index (κ2) is 9.18. The van der Waals surface area contributed by atoms with Crippen molar-refractivity contribution in [2.24, 2.45) is 0 Å². The van der Waals surface area contributed by atoms with Crippen molar-refractivity contribution in [3.8, 4) is 0 Å². The lowest BCUT2D eigenvalue weighted by Gasteiger charge is -2.22. The molecular formula is C18H28N2O2S. The molecule has 0 radical (unpaired) electrons. The number of carbonyl (C=O) groups excluding carboxylic acids is 1. The number of benzene rings is 1. The Bertz CT molecular complexity index is 522. The summed E-state index contributed by atoms with van der Waals surface area (Å²) in [5.41, 5.74) is 2.04. The normalized spacial score (nSPS) is 18.6. The lowest BCUT2D eigenvalue weighted by molar-refractivity contribution is 0.0446. The maximum absolute atomic E-state index is 12.6. The molecule has 5 heteroatoms. The lowest BCUT2D eigenvalue weighted by atomic mass is 10.2. The predicted molar refractivity (Wildman–Crippen MR) is 97.4 cm³/mol. The van der Waals surface area contributed by atoms with E-state index in [1.54, 1.807) is 11.8 Å². The van der Waals surface area contributed by atoms with Crippen LogP contribution in [0.15, 0.2) is 23.1 Å². The molecule has 1 aliphatic rings. The molecule has 2 amide bonds. The summed E-state index contributed by atoms with van der Waals surface area (Å²) in [6.07, 6.45) is 6.38. The van der Waals surface area contributed by atoms with Gasteiger partial charge in [0, 0.05) is 30.3 Å². The van der Waals surface area contributed by atoms with Crippen molar-refractivity contribution in [2.75, 3.05) is 31.3 Å². The summed E-state index contributed by atoms with van der Waals surface area (Å²) in [5, 5.41) is 3.07. The van der Waals surface area contributed by atoms with Crippen LogP contribution in [0.3, 0.4) is 0 Å². The molecule has 0 saturated carbocycles. The number of carbonyl (C=O) groups is 1. The van der Waals surface area contributed by atoms with Gasteiger partial charge in [-0.2, -0.15) is 0 Å². The third-order valence-electron chi connectivity index (χ3n) is 4.27. The van der Waals surface area contributed by atoms with Gasteiger partial charge in [0.15, 0.2) is 0 Å². The summed E-state index contributed by atoms with van der Waals surface area (Å²) >= 11 is 1.70. The smallest absolute Gasteiger partial charge is 0.321 e. The summed E-state index contributed by atoms with van der Waals surface area (Å²) in [7, 11) is 0. The zero-order valence-electron chi connectivity index (χ0n) is 14.4. The van der Waals surface area contributed by atoms with E-state index in [1.165, 1.54) is 4.90 Å². The van der Waals surface area contributed by atoms with E-state index < -0.39 is 0 Å². The highest BCUT2D eigenvalue weighted by Gasteiger charge is 2.21. The molecule has 4 nitrogen and oxygen atoms in total. The Balaban J connectivity index is 1.93. The molecule has 128 valence electrons. The summed E-state index contributed by atoms with van der Waals surface area (Å²) < 4.78 is 5.85. The highest BCUT2D eigenvalue weighted by Crippen LogP contribution is 2.26. The van der Waals surface area contributed by atoms with Crippen LogP contribution in [0.1, 0.15) is 38.2 Å². The standard InChI is InChI=1S/C18H28N2O2S/c1-4-13-22-15-7-6-11-20(12-10-15)18(21)19-16-8-5-9-17(23-3)14(16)2/h5,8-9,15H,4,6-7,10-13H2,1-3H3,(H,19,21)/t15-/m1/s1. The number of thioether (sulfide) groups is 1. The van der Waals surface area contributed by atoms with E-state index in [0.29, 0.717) is 6.10 Å². The fourth-order valence-corrected chi connectivity index (χ4v) is 3.52. The molecule has 0 aromatic heterocycles. The van der Waals surface area contributed by atoms with Crippen LogP contribution in [0.25, 0.3) is 0 Å². The lowest BCUT2D eigenvalue weighted by Crippen LogP contribution is -2.36. The van der Waals surface area contributed by atoms with Crippen molar-refractivity contribution in [1.29, 1.82) is 0 Å².